The fourth-order valence-corrected chi connectivity index (χ4v) is 3.02. The first kappa shape index (κ1) is 15.2. The number of hydrogen-bond donors (Lipinski definition) is 1. The maximum absolute atomic E-state index is 5.64. The van der Waals surface area contributed by atoms with Crippen LogP contribution in [0.5, 0.6) is 0 Å². The first-order valence-corrected chi connectivity index (χ1v) is 7.98. The Kier molecular flexibility index (Phi) is 4.85. The summed E-state index contributed by atoms with van der Waals surface area (Å²) in [7, 11) is 0. The molecule has 1 aliphatic heterocycles. The molecule has 0 aliphatic carbocycles. The van der Waals surface area contributed by atoms with Gasteiger partial charge in [0.15, 0.2) is 0 Å². The number of nitrogens with one attached hydrogen (secondary N) is 1. The van der Waals surface area contributed by atoms with Gasteiger partial charge in [-0.05, 0) is 23.5 Å². The van der Waals surface area contributed by atoms with Gasteiger partial charge in [0.05, 0.1) is 19.3 Å². The summed E-state index contributed by atoms with van der Waals surface area (Å²) in [5.41, 5.74) is 2.85. The fraction of sp³-hybridized carbons (Fsp3) is 0.529. The molecule has 0 bridgehead atoms. The first-order chi connectivity index (χ1) is 10.7. The summed E-state index contributed by atoms with van der Waals surface area (Å²) < 4.78 is 5.64. The molecule has 5 heteroatoms. The van der Waals surface area contributed by atoms with Gasteiger partial charge in [0.1, 0.15) is 12.2 Å². The number of morpholine rings is 1. The number of ether oxygens (including phenoxy) is 1. The monoisotopic (exact) mass is 300 g/mol. The molecule has 3 rings (SSSR count). The lowest BCUT2D eigenvalue weighted by molar-refractivity contribution is -0.0159. The fourth-order valence-electron chi connectivity index (χ4n) is 3.02. The van der Waals surface area contributed by atoms with Crippen LogP contribution in [0.15, 0.2) is 30.6 Å². The average molecular weight is 300 g/mol. The minimum Gasteiger partial charge on any atom is -0.378 e. The smallest absolute Gasteiger partial charge is 0.143 e. The quantitative estimate of drug-likeness (QED) is 0.922. The zero-order chi connectivity index (χ0) is 15.4. The third-order valence-corrected chi connectivity index (χ3v) is 4.11. The van der Waals surface area contributed by atoms with E-state index in [1.807, 2.05) is 0 Å². The Balaban J connectivity index is 1.79. The molecule has 1 atom stereocenters. The van der Waals surface area contributed by atoms with Crippen LogP contribution in [-0.2, 0) is 17.7 Å². The normalized spacial score (nSPS) is 19.7. The molecule has 1 fully saturated rings. The molecule has 2 aromatic rings. The van der Waals surface area contributed by atoms with E-state index < -0.39 is 0 Å². The summed E-state index contributed by atoms with van der Waals surface area (Å²) in [4.78, 5) is 6.75. The van der Waals surface area contributed by atoms with E-state index >= 15 is 0 Å². The summed E-state index contributed by atoms with van der Waals surface area (Å²) >= 11 is 0. The zero-order valence-corrected chi connectivity index (χ0v) is 13.3. The van der Waals surface area contributed by atoms with Gasteiger partial charge in [-0.1, -0.05) is 38.1 Å². The van der Waals surface area contributed by atoms with Gasteiger partial charge >= 0.3 is 0 Å². The highest BCUT2D eigenvalue weighted by atomic mass is 16.5. The molecule has 0 amide bonds. The van der Waals surface area contributed by atoms with Crippen LogP contribution in [0.1, 0.15) is 36.8 Å². The number of rotatable bonds is 5. The average Bonchev–Trinajstić information content (AvgIpc) is 3.03. The molecule has 1 aliphatic rings. The van der Waals surface area contributed by atoms with Crippen LogP contribution in [0.25, 0.3) is 0 Å². The molecule has 0 radical (unpaired) electrons. The zero-order valence-electron chi connectivity index (χ0n) is 13.3. The molecule has 1 saturated heterocycles. The Morgan fingerprint density at radius 3 is 2.86 bits per heavy atom. The van der Waals surface area contributed by atoms with Crippen molar-refractivity contribution in [2.75, 3.05) is 19.8 Å². The van der Waals surface area contributed by atoms with Gasteiger partial charge in [0.2, 0.25) is 0 Å². The van der Waals surface area contributed by atoms with Crippen molar-refractivity contribution in [1.82, 2.24) is 20.1 Å². The van der Waals surface area contributed by atoms with E-state index in [9.17, 15) is 0 Å². The standard InChI is InChI=1S/C17H24N4O/c1-13(2)9-14-5-3-4-6-15(14)10-21-7-8-22-11-16(21)17-18-12-19-20-17/h3-6,12-13,16H,7-11H2,1-2H3,(H,18,19,20). The van der Waals surface area contributed by atoms with Crippen LogP contribution in [0, 0.1) is 5.92 Å². The van der Waals surface area contributed by atoms with Gasteiger partial charge in [0, 0.05) is 13.1 Å². The number of benzene rings is 1. The Bertz CT molecular complexity index is 582. The molecule has 2 heterocycles. The molecular weight excluding hydrogens is 276 g/mol. The summed E-state index contributed by atoms with van der Waals surface area (Å²) in [5.74, 6) is 1.55. The lowest BCUT2D eigenvalue weighted by Crippen LogP contribution is -2.39. The van der Waals surface area contributed by atoms with Gasteiger partial charge in [-0.25, -0.2) is 4.98 Å². The third-order valence-electron chi connectivity index (χ3n) is 4.11. The number of aromatic amines is 1. The molecule has 118 valence electrons. The Morgan fingerprint density at radius 2 is 2.14 bits per heavy atom. The van der Waals surface area contributed by atoms with Crippen molar-refractivity contribution >= 4 is 0 Å². The summed E-state index contributed by atoms with van der Waals surface area (Å²) in [6.45, 7) is 7.82. The van der Waals surface area contributed by atoms with Crippen molar-refractivity contribution in [3.05, 3.63) is 47.5 Å². The maximum Gasteiger partial charge on any atom is 0.143 e. The van der Waals surface area contributed by atoms with E-state index in [2.05, 4.69) is 58.2 Å². The van der Waals surface area contributed by atoms with Gasteiger partial charge in [-0.3, -0.25) is 10.00 Å². The molecule has 1 unspecified atom stereocenters. The summed E-state index contributed by atoms with van der Waals surface area (Å²) in [6, 6.07) is 8.91. The lowest BCUT2D eigenvalue weighted by Gasteiger charge is -2.34. The molecule has 1 aromatic heterocycles. The Hall–Kier alpha value is -1.72. The maximum atomic E-state index is 5.64. The Labute approximate surface area is 131 Å². The van der Waals surface area contributed by atoms with Crippen LogP contribution in [-0.4, -0.2) is 39.8 Å². The molecule has 1 aromatic carbocycles. The van der Waals surface area contributed by atoms with Crippen molar-refractivity contribution in [3.63, 3.8) is 0 Å². The van der Waals surface area contributed by atoms with Crippen LogP contribution in [0.2, 0.25) is 0 Å². The Morgan fingerprint density at radius 1 is 1.32 bits per heavy atom. The van der Waals surface area contributed by atoms with Gasteiger partial charge in [0.25, 0.3) is 0 Å². The van der Waals surface area contributed by atoms with E-state index in [4.69, 9.17) is 4.74 Å². The molecule has 0 spiro atoms. The van der Waals surface area contributed by atoms with Crippen LogP contribution in [0.3, 0.4) is 0 Å². The molecule has 5 nitrogen and oxygen atoms in total. The van der Waals surface area contributed by atoms with E-state index in [1.54, 1.807) is 6.33 Å². The van der Waals surface area contributed by atoms with Crippen LogP contribution < -0.4 is 0 Å². The second-order valence-electron chi connectivity index (χ2n) is 6.30. The third kappa shape index (κ3) is 3.54. The first-order valence-electron chi connectivity index (χ1n) is 7.98. The molecule has 1 N–H and O–H groups in total. The highest BCUT2D eigenvalue weighted by Gasteiger charge is 2.27. The van der Waals surface area contributed by atoms with Crippen LogP contribution in [0.4, 0.5) is 0 Å². The minimum atomic E-state index is 0.156. The number of aromatic nitrogens is 3. The van der Waals surface area contributed by atoms with Gasteiger partial charge in [-0.15, -0.1) is 0 Å². The van der Waals surface area contributed by atoms with Crippen molar-refractivity contribution in [1.29, 1.82) is 0 Å². The van der Waals surface area contributed by atoms with Crippen molar-refractivity contribution in [3.8, 4) is 0 Å². The molecule has 0 saturated carbocycles. The SMILES string of the molecule is CC(C)Cc1ccccc1CN1CCOCC1c1ncn[nH]1. The van der Waals surface area contributed by atoms with Crippen LogP contribution >= 0.6 is 0 Å². The second kappa shape index (κ2) is 7.03. The van der Waals surface area contributed by atoms with Gasteiger partial charge in [-0.2, -0.15) is 5.10 Å². The number of H-pyrrole nitrogens is 1. The lowest BCUT2D eigenvalue weighted by atomic mass is 9.97. The molecule has 22 heavy (non-hydrogen) atoms. The predicted molar refractivity (Wildman–Crippen MR) is 85.3 cm³/mol. The highest BCUT2D eigenvalue weighted by Crippen LogP contribution is 2.25. The number of nitrogens with zero attached hydrogens (tertiary/aromatic N) is 3. The molecular formula is C17H24N4O. The van der Waals surface area contributed by atoms with E-state index in [0.717, 1.165) is 31.9 Å². The van der Waals surface area contributed by atoms with E-state index in [1.165, 1.54) is 11.1 Å². The van der Waals surface area contributed by atoms with E-state index in [-0.39, 0.29) is 6.04 Å². The van der Waals surface area contributed by atoms with Crippen molar-refractivity contribution in [2.45, 2.75) is 32.9 Å². The summed E-state index contributed by atoms with van der Waals surface area (Å²) in [5, 5.41) is 6.96. The minimum absolute atomic E-state index is 0.156. The van der Waals surface area contributed by atoms with E-state index in [0.29, 0.717) is 12.5 Å². The largest absolute Gasteiger partial charge is 0.378 e. The predicted octanol–water partition coefficient (Wildman–Crippen LogP) is 2.58. The topological polar surface area (TPSA) is 54.0 Å². The second-order valence-corrected chi connectivity index (χ2v) is 6.30. The van der Waals surface area contributed by atoms with Crippen molar-refractivity contribution in [2.24, 2.45) is 5.92 Å². The summed E-state index contributed by atoms with van der Waals surface area (Å²) in [6.07, 6.45) is 2.68. The number of hydrogen-bond acceptors (Lipinski definition) is 4. The highest BCUT2D eigenvalue weighted by molar-refractivity contribution is 5.27. The van der Waals surface area contributed by atoms with Crippen molar-refractivity contribution < 1.29 is 4.74 Å². The van der Waals surface area contributed by atoms with Gasteiger partial charge < -0.3 is 4.74 Å².